The van der Waals surface area contributed by atoms with Crippen LogP contribution >= 0.6 is 11.8 Å². The SMILES string of the molecule is Cc1ccccc1-c1nnc(SCC(=O)Nc2ccc(N3CCCC3)cc2)n1C. The Hall–Kier alpha value is -2.80. The second-order valence-electron chi connectivity index (χ2n) is 7.26. The highest BCUT2D eigenvalue weighted by atomic mass is 32.2. The minimum atomic E-state index is -0.0515. The lowest BCUT2D eigenvalue weighted by Gasteiger charge is -2.17. The van der Waals surface area contributed by atoms with Gasteiger partial charge in [-0.2, -0.15) is 0 Å². The highest BCUT2D eigenvalue weighted by Gasteiger charge is 2.15. The standard InChI is InChI=1S/C22H25N5OS/c1-16-7-3-4-8-19(16)21-24-25-22(26(21)2)29-15-20(28)23-17-9-11-18(12-10-17)27-13-5-6-14-27/h3-4,7-12H,5-6,13-15H2,1-2H3,(H,23,28). The number of benzene rings is 2. The van der Waals surface area contributed by atoms with Crippen molar-refractivity contribution in [3.63, 3.8) is 0 Å². The maximum absolute atomic E-state index is 12.4. The van der Waals surface area contributed by atoms with Gasteiger partial charge in [-0.15, -0.1) is 10.2 Å². The molecule has 1 saturated heterocycles. The van der Waals surface area contributed by atoms with E-state index in [0.29, 0.717) is 0 Å². The molecule has 0 spiro atoms. The molecule has 7 heteroatoms. The van der Waals surface area contributed by atoms with E-state index in [0.717, 1.165) is 40.9 Å². The van der Waals surface area contributed by atoms with Crippen molar-refractivity contribution >= 4 is 29.0 Å². The summed E-state index contributed by atoms with van der Waals surface area (Å²) in [5.74, 6) is 1.04. The van der Waals surface area contributed by atoms with Crippen molar-refractivity contribution in [3.05, 3.63) is 54.1 Å². The lowest BCUT2D eigenvalue weighted by molar-refractivity contribution is -0.113. The van der Waals surface area contributed by atoms with Gasteiger partial charge in [0.15, 0.2) is 11.0 Å². The Morgan fingerprint density at radius 2 is 1.79 bits per heavy atom. The second kappa shape index (κ2) is 8.69. The number of carbonyl (C=O) groups excluding carboxylic acids is 1. The van der Waals surface area contributed by atoms with Crippen molar-refractivity contribution in [3.8, 4) is 11.4 Å². The van der Waals surface area contributed by atoms with Crippen LogP contribution in [0.3, 0.4) is 0 Å². The number of hydrogen-bond acceptors (Lipinski definition) is 5. The Kier molecular flexibility index (Phi) is 5.85. The molecule has 0 unspecified atom stereocenters. The van der Waals surface area contributed by atoms with Crippen molar-refractivity contribution < 1.29 is 4.79 Å². The molecule has 1 aliphatic heterocycles. The quantitative estimate of drug-likeness (QED) is 0.623. The van der Waals surface area contributed by atoms with E-state index < -0.39 is 0 Å². The zero-order valence-corrected chi connectivity index (χ0v) is 17.6. The fourth-order valence-corrected chi connectivity index (χ4v) is 4.27. The molecule has 0 atom stereocenters. The third-order valence-corrected chi connectivity index (χ3v) is 6.20. The van der Waals surface area contributed by atoms with E-state index in [-0.39, 0.29) is 11.7 Å². The molecule has 0 radical (unpaired) electrons. The van der Waals surface area contributed by atoms with Gasteiger partial charge < -0.3 is 14.8 Å². The Labute approximate surface area is 175 Å². The first kappa shape index (κ1) is 19.5. The Morgan fingerprint density at radius 1 is 1.07 bits per heavy atom. The maximum atomic E-state index is 12.4. The molecule has 1 N–H and O–H groups in total. The molecule has 6 nitrogen and oxygen atoms in total. The number of thioether (sulfide) groups is 1. The summed E-state index contributed by atoms with van der Waals surface area (Å²) >= 11 is 1.39. The maximum Gasteiger partial charge on any atom is 0.234 e. The third-order valence-electron chi connectivity index (χ3n) is 5.18. The third kappa shape index (κ3) is 4.45. The van der Waals surface area contributed by atoms with E-state index in [1.54, 1.807) is 0 Å². The monoisotopic (exact) mass is 407 g/mol. The van der Waals surface area contributed by atoms with Crippen LogP contribution in [0.4, 0.5) is 11.4 Å². The number of rotatable bonds is 6. The Balaban J connectivity index is 1.35. The highest BCUT2D eigenvalue weighted by molar-refractivity contribution is 7.99. The molecule has 2 aromatic carbocycles. The molecule has 0 bridgehead atoms. The number of aryl methyl sites for hydroxylation is 1. The summed E-state index contributed by atoms with van der Waals surface area (Å²) < 4.78 is 1.94. The van der Waals surface area contributed by atoms with Crippen LogP contribution in [0.2, 0.25) is 0 Å². The van der Waals surface area contributed by atoms with Gasteiger partial charge in [-0.05, 0) is 49.6 Å². The molecule has 1 fully saturated rings. The zero-order chi connectivity index (χ0) is 20.2. The van der Waals surface area contributed by atoms with Crippen molar-refractivity contribution in [1.82, 2.24) is 14.8 Å². The van der Waals surface area contributed by atoms with Crippen LogP contribution in [0.15, 0.2) is 53.7 Å². The van der Waals surface area contributed by atoms with Crippen LogP contribution in [-0.2, 0) is 11.8 Å². The van der Waals surface area contributed by atoms with Crippen LogP contribution in [0.5, 0.6) is 0 Å². The van der Waals surface area contributed by atoms with Crippen molar-refractivity contribution in [2.75, 3.05) is 29.1 Å². The highest BCUT2D eigenvalue weighted by Crippen LogP contribution is 2.25. The van der Waals surface area contributed by atoms with E-state index >= 15 is 0 Å². The molecule has 0 saturated carbocycles. The van der Waals surface area contributed by atoms with Gasteiger partial charge in [0.2, 0.25) is 5.91 Å². The van der Waals surface area contributed by atoms with E-state index in [1.165, 1.54) is 30.3 Å². The summed E-state index contributed by atoms with van der Waals surface area (Å²) in [6.45, 7) is 4.29. The van der Waals surface area contributed by atoms with Crippen LogP contribution in [0.25, 0.3) is 11.4 Å². The van der Waals surface area contributed by atoms with E-state index in [4.69, 9.17) is 0 Å². The number of hydrogen-bond donors (Lipinski definition) is 1. The molecular weight excluding hydrogens is 382 g/mol. The molecule has 4 rings (SSSR count). The number of amides is 1. The topological polar surface area (TPSA) is 63.1 Å². The summed E-state index contributed by atoms with van der Waals surface area (Å²) in [5.41, 5.74) is 4.24. The number of nitrogens with one attached hydrogen (secondary N) is 1. The lowest BCUT2D eigenvalue weighted by Crippen LogP contribution is -2.18. The zero-order valence-electron chi connectivity index (χ0n) is 16.8. The second-order valence-corrected chi connectivity index (χ2v) is 8.20. The molecule has 1 aromatic heterocycles. The predicted octanol–water partition coefficient (Wildman–Crippen LogP) is 4.12. The minimum absolute atomic E-state index is 0.0515. The van der Waals surface area contributed by atoms with E-state index in [9.17, 15) is 4.79 Å². The number of carbonyl (C=O) groups is 1. The summed E-state index contributed by atoms with van der Waals surface area (Å²) in [4.78, 5) is 14.7. The molecule has 0 aliphatic carbocycles. The summed E-state index contributed by atoms with van der Waals surface area (Å²) in [6, 6.07) is 16.2. The fraction of sp³-hybridized carbons (Fsp3) is 0.318. The molecule has 2 heterocycles. The average molecular weight is 408 g/mol. The molecule has 3 aromatic rings. The van der Waals surface area contributed by atoms with Gasteiger partial charge in [-0.25, -0.2) is 0 Å². The summed E-state index contributed by atoms with van der Waals surface area (Å²) in [5, 5.41) is 12.3. The number of anilines is 2. The fourth-order valence-electron chi connectivity index (χ4n) is 3.56. The largest absolute Gasteiger partial charge is 0.372 e. The molecule has 1 amide bonds. The lowest BCUT2D eigenvalue weighted by atomic mass is 10.1. The first-order valence-electron chi connectivity index (χ1n) is 9.85. The number of nitrogens with zero attached hydrogens (tertiary/aromatic N) is 4. The molecule has 1 aliphatic rings. The first-order chi connectivity index (χ1) is 14.1. The van der Waals surface area contributed by atoms with Gasteiger partial charge >= 0.3 is 0 Å². The normalized spacial score (nSPS) is 13.7. The van der Waals surface area contributed by atoms with Crippen LogP contribution in [0, 0.1) is 6.92 Å². The van der Waals surface area contributed by atoms with E-state index in [1.807, 2.05) is 41.9 Å². The summed E-state index contributed by atoms with van der Waals surface area (Å²) in [6.07, 6.45) is 2.51. The molecule has 29 heavy (non-hydrogen) atoms. The van der Waals surface area contributed by atoms with Gasteiger partial charge in [0.25, 0.3) is 0 Å². The van der Waals surface area contributed by atoms with Crippen LogP contribution in [0.1, 0.15) is 18.4 Å². The van der Waals surface area contributed by atoms with Crippen molar-refractivity contribution in [2.45, 2.75) is 24.9 Å². The summed E-state index contributed by atoms with van der Waals surface area (Å²) in [7, 11) is 1.93. The van der Waals surface area contributed by atoms with E-state index in [2.05, 4.69) is 45.5 Å². The molecular formula is C22H25N5OS. The van der Waals surface area contributed by atoms with Crippen molar-refractivity contribution in [1.29, 1.82) is 0 Å². The van der Waals surface area contributed by atoms with Gasteiger partial charge in [0, 0.05) is 37.1 Å². The Morgan fingerprint density at radius 3 is 2.52 bits per heavy atom. The molecule has 150 valence electrons. The number of aromatic nitrogens is 3. The van der Waals surface area contributed by atoms with Gasteiger partial charge in [-0.3, -0.25) is 4.79 Å². The van der Waals surface area contributed by atoms with Crippen LogP contribution < -0.4 is 10.2 Å². The van der Waals surface area contributed by atoms with Gasteiger partial charge in [-0.1, -0.05) is 36.0 Å². The predicted molar refractivity (Wildman–Crippen MR) is 118 cm³/mol. The Bertz CT molecular complexity index is 993. The van der Waals surface area contributed by atoms with Gasteiger partial charge in [0.1, 0.15) is 0 Å². The van der Waals surface area contributed by atoms with Crippen molar-refractivity contribution in [2.24, 2.45) is 7.05 Å². The minimum Gasteiger partial charge on any atom is -0.372 e. The smallest absolute Gasteiger partial charge is 0.234 e. The van der Waals surface area contributed by atoms with Gasteiger partial charge in [0.05, 0.1) is 5.75 Å². The average Bonchev–Trinajstić information content (AvgIpc) is 3.38. The van der Waals surface area contributed by atoms with Crippen LogP contribution in [-0.4, -0.2) is 39.5 Å². The first-order valence-corrected chi connectivity index (χ1v) is 10.8.